The first-order valence-corrected chi connectivity index (χ1v) is 6.13. The van der Waals surface area contributed by atoms with E-state index >= 15 is 0 Å². The van der Waals surface area contributed by atoms with Gasteiger partial charge in [0, 0.05) is 5.56 Å². The van der Waals surface area contributed by atoms with Crippen LogP contribution in [0, 0.1) is 11.3 Å². The Morgan fingerprint density at radius 1 is 1.05 bits per heavy atom. The number of hydrogen-bond donors (Lipinski definition) is 0. The molecule has 0 atom stereocenters. The van der Waals surface area contributed by atoms with Gasteiger partial charge in [0.05, 0.1) is 23.1 Å². The van der Waals surface area contributed by atoms with Crippen molar-refractivity contribution in [2.24, 2.45) is 0 Å². The molecule has 0 saturated heterocycles. The topological polar surface area (TPSA) is 23.8 Å². The summed E-state index contributed by atoms with van der Waals surface area (Å²) in [5.41, 5.74) is 1.16. The predicted molar refractivity (Wildman–Crippen MR) is 71.2 cm³/mol. The van der Waals surface area contributed by atoms with Crippen LogP contribution in [-0.2, 0) is 12.6 Å². The monoisotopic (exact) mass is 295 g/mol. The van der Waals surface area contributed by atoms with E-state index < -0.39 is 11.7 Å². The van der Waals surface area contributed by atoms with E-state index in [1.807, 2.05) is 6.07 Å². The summed E-state index contributed by atoms with van der Waals surface area (Å²) in [4.78, 5) is 0. The van der Waals surface area contributed by atoms with E-state index in [4.69, 9.17) is 16.9 Å². The fourth-order valence-electron chi connectivity index (χ4n) is 1.86. The minimum Gasteiger partial charge on any atom is -0.198 e. The van der Waals surface area contributed by atoms with Gasteiger partial charge in [0.25, 0.3) is 0 Å². The van der Waals surface area contributed by atoms with Crippen molar-refractivity contribution in [3.8, 4) is 17.2 Å². The molecule has 0 aromatic heterocycles. The summed E-state index contributed by atoms with van der Waals surface area (Å²) >= 11 is 6.18. The van der Waals surface area contributed by atoms with Crippen LogP contribution < -0.4 is 0 Å². The SMILES string of the molecule is N#CCc1cccc(-c2ccc(C(F)(F)F)cc2)c1Cl. The molecule has 0 N–H and O–H groups in total. The van der Waals surface area contributed by atoms with E-state index in [1.165, 1.54) is 12.1 Å². The first kappa shape index (κ1) is 14.4. The Morgan fingerprint density at radius 3 is 2.25 bits per heavy atom. The highest BCUT2D eigenvalue weighted by Gasteiger charge is 2.30. The molecule has 1 nitrogen and oxygen atoms in total. The van der Waals surface area contributed by atoms with E-state index in [2.05, 4.69) is 0 Å². The molecule has 102 valence electrons. The smallest absolute Gasteiger partial charge is 0.198 e. The van der Waals surface area contributed by atoms with Gasteiger partial charge in [-0.05, 0) is 23.3 Å². The van der Waals surface area contributed by atoms with Gasteiger partial charge in [-0.2, -0.15) is 18.4 Å². The van der Waals surface area contributed by atoms with Gasteiger partial charge in [0.1, 0.15) is 0 Å². The van der Waals surface area contributed by atoms with Crippen LogP contribution in [0.25, 0.3) is 11.1 Å². The van der Waals surface area contributed by atoms with E-state index in [0.29, 0.717) is 21.7 Å². The van der Waals surface area contributed by atoms with Crippen LogP contribution in [0.3, 0.4) is 0 Å². The van der Waals surface area contributed by atoms with Gasteiger partial charge in [-0.15, -0.1) is 0 Å². The largest absolute Gasteiger partial charge is 0.416 e. The molecule has 5 heteroatoms. The van der Waals surface area contributed by atoms with Crippen molar-refractivity contribution in [2.75, 3.05) is 0 Å². The lowest BCUT2D eigenvalue weighted by Crippen LogP contribution is -2.04. The predicted octanol–water partition coefficient (Wildman–Crippen LogP) is 5.09. The molecule has 20 heavy (non-hydrogen) atoms. The second kappa shape index (κ2) is 5.56. The number of nitriles is 1. The molecular formula is C15H9ClF3N. The molecule has 0 aliphatic rings. The standard InChI is InChI=1S/C15H9ClF3N/c16-14-11(8-9-20)2-1-3-13(14)10-4-6-12(7-5-10)15(17,18)19/h1-7H,8H2. The molecule has 0 aliphatic carbocycles. The Labute approximate surface area is 119 Å². The van der Waals surface area contributed by atoms with Crippen LogP contribution >= 0.6 is 11.6 Å². The highest BCUT2D eigenvalue weighted by atomic mass is 35.5. The molecule has 0 bridgehead atoms. The fraction of sp³-hybridized carbons (Fsp3) is 0.133. The molecule has 0 unspecified atom stereocenters. The molecule has 0 amide bonds. The van der Waals surface area contributed by atoms with Crippen molar-refractivity contribution >= 4 is 11.6 Å². The van der Waals surface area contributed by atoms with Crippen LogP contribution in [0.15, 0.2) is 42.5 Å². The maximum atomic E-state index is 12.5. The van der Waals surface area contributed by atoms with Gasteiger partial charge < -0.3 is 0 Å². The number of benzene rings is 2. The lowest BCUT2D eigenvalue weighted by Gasteiger charge is -2.10. The Balaban J connectivity index is 2.43. The van der Waals surface area contributed by atoms with E-state index in [0.717, 1.165) is 12.1 Å². The third kappa shape index (κ3) is 2.94. The van der Waals surface area contributed by atoms with Gasteiger partial charge in [-0.25, -0.2) is 0 Å². The zero-order valence-corrected chi connectivity index (χ0v) is 11.0. The van der Waals surface area contributed by atoms with Gasteiger partial charge in [-0.3, -0.25) is 0 Å². The summed E-state index contributed by atoms with van der Waals surface area (Å²) in [6.07, 6.45) is -4.20. The molecule has 0 spiro atoms. The summed E-state index contributed by atoms with van der Waals surface area (Å²) in [6.45, 7) is 0. The summed E-state index contributed by atoms with van der Waals surface area (Å²) < 4.78 is 37.5. The normalized spacial score (nSPS) is 11.2. The molecule has 2 aromatic carbocycles. The van der Waals surface area contributed by atoms with Gasteiger partial charge in [-0.1, -0.05) is 41.9 Å². The molecular weight excluding hydrogens is 287 g/mol. The Kier molecular flexibility index (Phi) is 4.01. The van der Waals surface area contributed by atoms with E-state index in [-0.39, 0.29) is 6.42 Å². The molecule has 0 radical (unpaired) electrons. The van der Waals surface area contributed by atoms with Crippen molar-refractivity contribution in [1.29, 1.82) is 5.26 Å². The van der Waals surface area contributed by atoms with Gasteiger partial charge in [0.15, 0.2) is 0 Å². The highest BCUT2D eigenvalue weighted by molar-refractivity contribution is 6.34. The first-order chi connectivity index (χ1) is 9.43. The number of halogens is 4. The maximum Gasteiger partial charge on any atom is 0.416 e. The minimum absolute atomic E-state index is 0.160. The molecule has 0 fully saturated rings. The van der Waals surface area contributed by atoms with Crippen molar-refractivity contribution in [1.82, 2.24) is 0 Å². The van der Waals surface area contributed by atoms with Crippen LogP contribution in [0.1, 0.15) is 11.1 Å². The summed E-state index contributed by atoms with van der Waals surface area (Å²) in [7, 11) is 0. The Morgan fingerprint density at radius 2 is 1.70 bits per heavy atom. The molecule has 0 heterocycles. The summed E-state index contributed by atoms with van der Waals surface area (Å²) in [6, 6.07) is 11.9. The van der Waals surface area contributed by atoms with Crippen LogP contribution in [0.2, 0.25) is 5.02 Å². The van der Waals surface area contributed by atoms with Gasteiger partial charge in [0.2, 0.25) is 0 Å². The lowest BCUT2D eigenvalue weighted by molar-refractivity contribution is -0.137. The highest BCUT2D eigenvalue weighted by Crippen LogP contribution is 2.34. The second-order valence-electron chi connectivity index (χ2n) is 4.19. The zero-order valence-electron chi connectivity index (χ0n) is 10.2. The van der Waals surface area contributed by atoms with Crippen molar-refractivity contribution in [2.45, 2.75) is 12.6 Å². The number of rotatable bonds is 2. The zero-order chi connectivity index (χ0) is 14.8. The number of hydrogen-bond acceptors (Lipinski definition) is 1. The molecule has 0 aliphatic heterocycles. The first-order valence-electron chi connectivity index (χ1n) is 5.75. The third-order valence-electron chi connectivity index (χ3n) is 2.87. The van der Waals surface area contributed by atoms with Crippen LogP contribution in [0.5, 0.6) is 0 Å². The van der Waals surface area contributed by atoms with Crippen molar-refractivity contribution in [3.05, 3.63) is 58.6 Å². The lowest BCUT2D eigenvalue weighted by atomic mass is 10.0. The summed E-state index contributed by atoms with van der Waals surface area (Å²) in [5, 5.41) is 9.09. The van der Waals surface area contributed by atoms with Crippen molar-refractivity contribution < 1.29 is 13.2 Å². The molecule has 2 aromatic rings. The second-order valence-corrected chi connectivity index (χ2v) is 4.57. The average Bonchev–Trinajstić information content (AvgIpc) is 2.41. The Hall–Kier alpha value is -1.99. The quantitative estimate of drug-likeness (QED) is 0.757. The fourth-order valence-corrected chi connectivity index (χ4v) is 2.17. The van der Waals surface area contributed by atoms with Crippen molar-refractivity contribution in [3.63, 3.8) is 0 Å². The number of nitrogens with zero attached hydrogens (tertiary/aromatic N) is 1. The van der Waals surface area contributed by atoms with Gasteiger partial charge >= 0.3 is 6.18 Å². The van der Waals surface area contributed by atoms with E-state index in [9.17, 15) is 13.2 Å². The third-order valence-corrected chi connectivity index (χ3v) is 3.32. The maximum absolute atomic E-state index is 12.5. The molecule has 0 saturated carbocycles. The molecule has 2 rings (SSSR count). The van der Waals surface area contributed by atoms with Crippen LogP contribution in [-0.4, -0.2) is 0 Å². The number of alkyl halides is 3. The average molecular weight is 296 g/mol. The Bertz CT molecular complexity index is 654. The van der Waals surface area contributed by atoms with Crippen LogP contribution in [0.4, 0.5) is 13.2 Å². The summed E-state index contributed by atoms with van der Waals surface area (Å²) in [5.74, 6) is 0. The minimum atomic E-state index is -4.36. The van der Waals surface area contributed by atoms with E-state index in [1.54, 1.807) is 18.2 Å².